The molecule has 0 amide bonds. The van der Waals surface area contributed by atoms with E-state index in [9.17, 15) is 0 Å². The fourth-order valence-electron chi connectivity index (χ4n) is 3.15. The average molecular weight is 418 g/mol. The highest BCUT2D eigenvalue weighted by molar-refractivity contribution is 7.09. The Morgan fingerprint density at radius 2 is 1.97 bits per heavy atom. The summed E-state index contributed by atoms with van der Waals surface area (Å²) in [5.41, 5.74) is 2.20. The normalized spacial score (nSPS) is 14.5. The summed E-state index contributed by atoms with van der Waals surface area (Å²) in [6.07, 6.45) is 0.0231. The minimum absolute atomic E-state index is 0.0231. The third-order valence-corrected chi connectivity index (χ3v) is 5.89. The molecular weight excluding hydrogens is 382 g/mol. The topological polar surface area (TPSA) is 61.8 Å². The van der Waals surface area contributed by atoms with Crippen molar-refractivity contribution in [2.45, 2.75) is 51.9 Å². The second-order valence-electron chi connectivity index (χ2n) is 7.97. The van der Waals surface area contributed by atoms with E-state index >= 15 is 0 Å². The van der Waals surface area contributed by atoms with Crippen LogP contribution in [0.1, 0.15) is 56.1 Å². The molecule has 2 unspecified atom stereocenters. The molecular formula is C22H35N5OS. The van der Waals surface area contributed by atoms with Crippen LogP contribution in [-0.4, -0.2) is 49.1 Å². The molecule has 0 saturated carbocycles. The molecule has 2 aromatic rings. The largest absolute Gasteiger partial charge is 0.375 e. The molecule has 0 aliphatic rings. The smallest absolute Gasteiger partial charge is 0.193 e. The Hall–Kier alpha value is -1.96. The van der Waals surface area contributed by atoms with Crippen LogP contribution in [0.5, 0.6) is 0 Å². The molecule has 160 valence electrons. The number of rotatable bonds is 9. The molecule has 2 N–H and O–H groups in total. The first-order valence-electron chi connectivity index (χ1n) is 9.97. The van der Waals surface area contributed by atoms with Crippen LogP contribution in [0.15, 0.2) is 40.7 Å². The van der Waals surface area contributed by atoms with Crippen LogP contribution >= 0.6 is 11.3 Å². The maximum atomic E-state index is 5.35. The van der Waals surface area contributed by atoms with Gasteiger partial charge in [0.15, 0.2) is 5.96 Å². The summed E-state index contributed by atoms with van der Waals surface area (Å²) in [6, 6.07) is 10.8. The van der Waals surface area contributed by atoms with Gasteiger partial charge in [0.25, 0.3) is 0 Å². The fourth-order valence-corrected chi connectivity index (χ4v) is 3.99. The van der Waals surface area contributed by atoms with Gasteiger partial charge in [-0.2, -0.15) is 0 Å². The van der Waals surface area contributed by atoms with Crippen molar-refractivity contribution < 1.29 is 4.74 Å². The van der Waals surface area contributed by atoms with E-state index in [2.05, 4.69) is 75.9 Å². The summed E-state index contributed by atoms with van der Waals surface area (Å²) in [5.74, 6) is 0.849. The Bertz CT molecular complexity index is 775. The molecule has 1 aromatic heterocycles. The van der Waals surface area contributed by atoms with Crippen LogP contribution < -0.4 is 10.6 Å². The van der Waals surface area contributed by atoms with Crippen molar-refractivity contribution >= 4 is 17.3 Å². The number of ether oxygens (including phenoxy) is 1. The highest BCUT2D eigenvalue weighted by Gasteiger charge is 2.22. The molecule has 0 aliphatic heterocycles. The summed E-state index contributed by atoms with van der Waals surface area (Å²) in [4.78, 5) is 11.2. The zero-order chi connectivity index (χ0) is 21.4. The lowest BCUT2D eigenvalue weighted by Crippen LogP contribution is -2.52. The number of methoxy groups -OCH3 is 1. The van der Waals surface area contributed by atoms with Crippen molar-refractivity contribution in [1.82, 2.24) is 20.5 Å². The number of thiazole rings is 1. The SMILES string of the molecule is CN=C(NCC(C)(C)NC(C)c1ccccc1)N(C)Cc1csc(C(C)OC)n1. The molecule has 0 radical (unpaired) electrons. The van der Waals surface area contributed by atoms with Gasteiger partial charge in [-0.3, -0.25) is 4.99 Å². The molecule has 2 rings (SSSR count). The highest BCUT2D eigenvalue weighted by Crippen LogP contribution is 2.21. The number of hydrogen-bond acceptors (Lipinski definition) is 5. The molecule has 0 aliphatic carbocycles. The minimum Gasteiger partial charge on any atom is -0.375 e. The van der Waals surface area contributed by atoms with Gasteiger partial charge in [-0.15, -0.1) is 11.3 Å². The van der Waals surface area contributed by atoms with Crippen molar-refractivity contribution in [1.29, 1.82) is 0 Å². The van der Waals surface area contributed by atoms with Crippen molar-refractivity contribution in [3.05, 3.63) is 52.0 Å². The van der Waals surface area contributed by atoms with Crippen molar-refractivity contribution in [2.75, 3.05) is 27.7 Å². The zero-order valence-electron chi connectivity index (χ0n) is 18.7. The van der Waals surface area contributed by atoms with E-state index < -0.39 is 0 Å². The number of aromatic nitrogens is 1. The first-order chi connectivity index (χ1) is 13.8. The van der Waals surface area contributed by atoms with Crippen LogP contribution in [-0.2, 0) is 11.3 Å². The zero-order valence-corrected chi connectivity index (χ0v) is 19.5. The number of benzene rings is 1. The maximum Gasteiger partial charge on any atom is 0.193 e. The summed E-state index contributed by atoms with van der Waals surface area (Å²) in [5, 5.41) is 10.3. The van der Waals surface area contributed by atoms with Gasteiger partial charge in [-0.1, -0.05) is 30.3 Å². The number of hydrogen-bond donors (Lipinski definition) is 2. The van der Waals surface area contributed by atoms with Crippen LogP contribution in [0.3, 0.4) is 0 Å². The van der Waals surface area contributed by atoms with Crippen LogP contribution in [0.25, 0.3) is 0 Å². The van der Waals surface area contributed by atoms with Crippen LogP contribution in [0, 0.1) is 0 Å². The Balaban J connectivity index is 1.90. The molecule has 0 bridgehead atoms. The minimum atomic E-state index is -0.103. The second kappa shape index (κ2) is 10.7. The Morgan fingerprint density at radius 1 is 1.28 bits per heavy atom. The molecule has 1 aromatic carbocycles. The van der Waals surface area contributed by atoms with Gasteiger partial charge >= 0.3 is 0 Å². The van der Waals surface area contributed by atoms with Crippen LogP contribution in [0.2, 0.25) is 0 Å². The number of aliphatic imine (C=N–C) groups is 1. The fraction of sp³-hybridized carbons (Fsp3) is 0.545. The van der Waals surface area contributed by atoms with E-state index in [0.717, 1.165) is 23.2 Å². The molecule has 7 heteroatoms. The number of guanidine groups is 1. The number of nitrogens with zero attached hydrogens (tertiary/aromatic N) is 3. The molecule has 2 atom stereocenters. The molecule has 0 spiro atoms. The lowest BCUT2D eigenvalue weighted by molar-refractivity contribution is 0.119. The molecule has 0 saturated heterocycles. The standard InChI is InChI=1S/C22H35N5OS/c1-16(18-11-9-8-10-12-18)26-22(3,4)15-24-21(23-5)27(6)13-19-14-29-20(25-19)17(2)28-7/h8-12,14,16-17,26H,13,15H2,1-7H3,(H,23,24). The highest BCUT2D eigenvalue weighted by atomic mass is 32.1. The van der Waals surface area contributed by atoms with Crippen molar-refractivity contribution in [2.24, 2.45) is 4.99 Å². The Labute approximate surface area is 179 Å². The summed E-state index contributed by atoms with van der Waals surface area (Å²) >= 11 is 1.63. The van der Waals surface area contributed by atoms with Crippen molar-refractivity contribution in [3.63, 3.8) is 0 Å². The quantitative estimate of drug-likeness (QED) is 0.477. The third-order valence-electron chi connectivity index (χ3n) is 4.84. The molecule has 6 nitrogen and oxygen atoms in total. The molecule has 1 heterocycles. The first kappa shape index (κ1) is 23.3. The van der Waals surface area contributed by atoms with Crippen LogP contribution in [0.4, 0.5) is 0 Å². The van der Waals surface area contributed by atoms with E-state index in [0.29, 0.717) is 6.54 Å². The summed E-state index contributed by atoms with van der Waals surface area (Å²) < 4.78 is 5.35. The predicted octanol–water partition coefficient (Wildman–Crippen LogP) is 3.99. The monoisotopic (exact) mass is 417 g/mol. The van der Waals surface area contributed by atoms with Gasteiger partial charge in [0.1, 0.15) is 11.1 Å². The second-order valence-corrected chi connectivity index (χ2v) is 8.86. The third kappa shape index (κ3) is 7.10. The summed E-state index contributed by atoms with van der Waals surface area (Å²) in [7, 11) is 5.55. The van der Waals surface area contributed by atoms with E-state index in [1.54, 1.807) is 18.4 Å². The Kier molecular flexibility index (Phi) is 8.61. The van der Waals surface area contributed by atoms with Crippen molar-refractivity contribution in [3.8, 4) is 0 Å². The van der Waals surface area contributed by atoms with Gasteiger partial charge in [0.05, 0.1) is 12.2 Å². The van der Waals surface area contributed by atoms with Gasteiger partial charge in [-0.25, -0.2) is 4.98 Å². The maximum absolute atomic E-state index is 5.35. The van der Waals surface area contributed by atoms with Gasteiger partial charge in [0.2, 0.25) is 0 Å². The van der Waals surface area contributed by atoms with E-state index in [1.807, 2.05) is 27.1 Å². The lowest BCUT2D eigenvalue weighted by Gasteiger charge is -2.32. The van der Waals surface area contributed by atoms with E-state index in [4.69, 9.17) is 4.74 Å². The number of nitrogens with one attached hydrogen (secondary N) is 2. The van der Waals surface area contributed by atoms with Gasteiger partial charge < -0.3 is 20.3 Å². The van der Waals surface area contributed by atoms with Gasteiger partial charge in [0, 0.05) is 44.7 Å². The summed E-state index contributed by atoms with van der Waals surface area (Å²) in [6.45, 7) is 10.1. The van der Waals surface area contributed by atoms with E-state index in [-0.39, 0.29) is 17.7 Å². The predicted molar refractivity (Wildman–Crippen MR) is 122 cm³/mol. The van der Waals surface area contributed by atoms with E-state index in [1.165, 1.54) is 5.56 Å². The van der Waals surface area contributed by atoms with Gasteiger partial charge in [-0.05, 0) is 33.3 Å². The molecule has 0 fully saturated rings. The lowest BCUT2D eigenvalue weighted by atomic mass is 10.0. The molecule has 29 heavy (non-hydrogen) atoms. The Morgan fingerprint density at radius 3 is 2.59 bits per heavy atom. The average Bonchev–Trinajstić information content (AvgIpc) is 3.16. The first-order valence-corrected chi connectivity index (χ1v) is 10.8.